The number of likely N-dealkylation sites (tertiary alicyclic amines) is 1. The zero-order valence-corrected chi connectivity index (χ0v) is 15.8. The van der Waals surface area contributed by atoms with E-state index < -0.39 is 0 Å². The van der Waals surface area contributed by atoms with Gasteiger partial charge in [-0.25, -0.2) is 4.39 Å². The molecule has 2 aromatic heterocycles. The van der Waals surface area contributed by atoms with E-state index in [0.717, 1.165) is 37.3 Å². The fourth-order valence-electron chi connectivity index (χ4n) is 4.56. The van der Waals surface area contributed by atoms with Crippen molar-refractivity contribution in [3.05, 3.63) is 59.1 Å². The molecule has 0 unspecified atom stereocenters. The Kier molecular flexibility index (Phi) is 4.23. The number of hydrogen-bond acceptors (Lipinski definition) is 7. The van der Waals surface area contributed by atoms with E-state index in [0.29, 0.717) is 36.5 Å². The van der Waals surface area contributed by atoms with Gasteiger partial charge in [0.1, 0.15) is 11.4 Å². The molecule has 5 rings (SSSR count). The summed E-state index contributed by atoms with van der Waals surface area (Å²) in [5, 5.41) is 12.6. The Morgan fingerprint density at radius 3 is 2.93 bits per heavy atom. The normalized spacial score (nSPS) is 24.3. The molecule has 1 aromatic carbocycles. The lowest BCUT2D eigenvalue weighted by Crippen LogP contribution is -2.51. The zero-order valence-electron chi connectivity index (χ0n) is 15.8. The Balaban J connectivity index is 1.34. The average molecular weight is 383 g/mol. The SMILES string of the molecule is CCc1nnc([C@]23CC[C@H]2CCN3Cc2nc(Cc3cccc(F)c3)no2)o1. The first-order valence-electron chi connectivity index (χ1n) is 9.81. The molecular formula is C20H22FN5O2. The predicted molar refractivity (Wildman–Crippen MR) is 96.6 cm³/mol. The highest BCUT2D eigenvalue weighted by atomic mass is 19.1. The van der Waals surface area contributed by atoms with Crippen LogP contribution in [0, 0.1) is 11.7 Å². The Labute approximate surface area is 161 Å². The minimum Gasteiger partial charge on any atom is -0.423 e. The number of hydrogen-bond donors (Lipinski definition) is 0. The Hall–Kier alpha value is -2.61. The standard InChI is InChI=1S/C20H22FN5O2/c1-2-17-23-24-19(27-17)20-8-6-14(20)7-9-26(20)12-18-22-16(25-28-18)11-13-4-3-5-15(21)10-13/h3-5,10,14H,2,6-9,11-12H2,1H3/t14-,20-/m0/s1. The first-order valence-corrected chi connectivity index (χ1v) is 9.81. The molecule has 0 N–H and O–H groups in total. The summed E-state index contributed by atoms with van der Waals surface area (Å²) in [5.74, 6) is 2.79. The van der Waals surface area contributed by atoms with Crippen molar-refractivity contribution in [2.75, 3.05) is 6.54 Å². The third-order valence-corrected chi connectivity index (χ3v) is 6.09. The summed E-state index contributed by atoms with van der Waals surface area (Å²) in [6, 6.07) is 6.46. The maximum absolute atomic E-state index is 13.4. The topological polar surface area (TPSA) is 81.1 Å². The van der Waals surface area contributed by atoms with E-state index in [2.05, 4.69) is 25.2 Å². The summed E-state index contributed by atoms with van der Waals surface area (Å²) in [6.45, 7) is 3.50. The minimum absolute atomic E-state index is 0.197. The monoisotopic (exact) mass is 383 g/mol. The third-order valence-electron chi connectivity index (χ3n) is 6.09. The second-order valence-corrected chi connectivity index (χ2v) is 7.64. The van der Waals surface area contributed by atoms with E-state index in [-0.39, 0.29) is 11.4 Å². The third kappa shape index (κ3) is 2.83. The minimum atomic E-state index is -0.262. The largest absolute Gasteiger partial charge is 0.423 e. The highest BCUT2D eigenvalue weighted by molar-refractivity contribution is 5.20. The highest BCUT2D eigenvalue weighted by Gasteiger charge is 2.59. The fourth-order valence-corrected chi connectivity index (χ4v) is 4.56. The molecule has 0 radical (unpaired) electrons. The zero-order chi connectivity index (χ0) is 19.1. The second kappa shape index (κ2) is 6.77. The Bertz CT molecular complexity index is 986. The van der Waals surface area contributed by atoms with E-state index >= 15 is 0 Å². The molecule has 3 heterocycles. The molecule has 8 heteroatoms. The van der Waals surface area contributed by atoms with Crippen molar-refractivity contribution in [1.82, 2.24) is 25.2 Å². The summed E-state index contributed by atoms with van der Waals surface area (Å²) in [5.41, 5.74) is 0.624. The smallest absolute Gasteiger partial charge is 0.240 e. The van der Waals surface area contributed by atoms with Crippen LogP contribution in [-0.4, -0.2) is 31.8 Å². The summed E-state index contributed by atoms with van der Waals surface area (Å²) >= 11 is 0. The van der Waals surface area contributed by atoms with Crippen molar-refractivity contribution in [3.8, 4) is 0 Å². The van der Waals surface area contributed by atoms with Gasteiger partial charge in [0.15, 0.2) is 5.82 Å². The molecule has 0 bridgehead atoms. The van der Waals surface area contributed by atoms with Gasteiger partial charge in [0.2, 0.25) is 17.7 Å². The number of halogens is 1. The lowest BCUT2D eigenvalue weighted by molar-refractivity contribution is -0.0210. The maximum Gasteiger partial charge on any atom is 0.240 e. The van der Waals surface area contributed by atoms with Gasteiger partial charge in [-0.05, 0) is 42.9 Å². The van der Waals surface area contributed by atoms with Crippen LogP contribution in [0.1, 0.15) is 55.2 Å². The fraction of sp³-hybridized carbons (Fsp3) is 0.500. The van der Waals surface area contributed by atoms with E-state index in [9.17, 15) is 4.39 Å². The van der Waals surface area contributed by atoms with Crippen LogP contribution in [0.25, 0.3) is 0 Å². The number of rotatable bonds is 6. The molecule has 7 nitrogen and oxygen atoms in total. The van der Waals surface area contributed by atoms with Crippen LogP contribution in [0.3, 0.4) is 0 Å². The maximum atomic E-state index is 13.4. The van der Waals surface area contributed by atoms with Gasteiger partial charge in [0.05, 0.1) is 6.54 Å². The Morgan fingerprint density at radius 1 is 1.25 bits per heavy atom. The number of benzene rings is 1. The molecular weight excluding hydrogens is 361 g/mol. The van der Waals surface area contributed by atoms with Crippen LogP contribution < -0.4 is 0 Å². The summed E-state index contributed by atoms with van der Waals surface area (Å²) in [6.07, 6.45) is 4.47. The first kappa shape index (κ1) is 17.5. The molecule has 1 saturated heterocycles. The van der Waals surface area contributed by atoms with E-state index in [1.54, 1.807) is 6.07 Å². The van der Waals surface area contributed by atoms with E-state index in [1.807, 2.05) is 13.0 Å². The van der Waals surface area contributed by atoms with Gasteiger partial charge in [0.25, 0.3) is 0 Å². The van der Waals surface area contributed by atoms with Crippen molar-refractivity contribution in [2.45, 2.75) is 51.1 Å². The number of aryl methyl sites for hydroxylation is 1. The van der Waals surface area contributed by atoms with Crippen LogP contribution in [0.4, 0.5) is 4.39 Å². The molecule has 1 aliphatic heterocycles. The molecule has 2 atom stereocenters. The second-order valence-electron chi connectivity index (χ2n) is 7.64. The van der Waals surface area contributed by atoms with Gasteiger partial charge in [-0.2, -0.15) is 4.98 Å². The lowest BCUT2D eigenvalue weighted by Gasteiger charge is -2.46. The van der Waals surface area contributed by atoms with Crippen molar-refractivity contribution in [3.63, 3.8) is 0 Å². The molecule has 2 aliphatic rings. The van der Waals surface area contributed by atoms with E-state index in [1.165, 1.54) is 18.6 Å². The van der Waals surface area contributed by atoms with Crippen LogP contribution in [0.15, 0.2) is 33.2 Å². The van der Waals surface area contributed by atoms with Crippen molar-refractivity contribution in [1.29, 1.82) is 0 Å². The van der Waals surface area contributed by atoms with Crippen molar-refractivity contribution < 1.29 is 13.3 Å². The molecule has 0 amide bonds. The molecule has 1 saturated carbocycles. The number of fused-ring (bicyclic) bond motifs is 1. The van der Waals surface area contributed by atoms with Gasteiger partial charge in [0, 0.05) is 19.4 Å². The molecule has 1 aliphatic carbocycles. The van der Waals surface area contributed by atoms with Crippen molar-refractivity contribution in [2.24, 2.45) is 5.92 Å². The van der Waals surface area contributed by atoms with Crippen LogP contribution >= 0.6 is 0 Å². The van der Waals surface area contributed by atoms with E-state index in [4.69, 9.17) is 8.94 Å². The van der Waals surface area contributed by atoms with Gasteiger partial charge in [-0.3, -0.25) is 4.90 Å². The van der Waals surface area contributed by atoms with Crippen LogP contribution in [0.2, 0.25) is 0 Å². The van der Waals surface area contributed by atoms with Gasteiger partial charge < -0.3 is 8.94 Å². The van der Waals surface area contributed by atoms with Gasteiger partial charge in [-0.1, -0.05) is 24.2 Å². The lowest BCUT2D eigenvalue weighted by atomic mass is 9.67. The number of aromatic nitrogens is 4. The van der Waals surface area contributed by atoms with Crippen molar-refractivity contribution >= 4 is 0 Å². The predicted octanol–water partition coefficient (Wildman–Crippen LogP) is 3.26. The molecule has 146 valence electrons. The van der Waals surface area contributed by atoms with Crippen LogP contribution in [0.5, 0.6) is 0 Å². The first-order chi connectivity index (χ1) is 13.7. The molecule has 2 fully saturated rings. The van der Waals surface area contributed by atoms with Gasteiger partial charge in [-0.15, -0.1) is 10.2 Å². The average Bonchev–Trinajstić information content (AvgIpc) is 3.35. The highest BCUT2D eigenvalue weighted by Crippen LogP contribution is 2.56. The summed E-state index contributed by atoms with van der Waals surface area (Å²) < 4.78 is 24.8. The van der Waals surface area contributed by atoms with Gasteiger partial charge >= 0.3 is 0 Å². The molecule has 28 heavy (non-hydrogen) atoms. The quantitative estimate of drug-likeness (QED) is 0.646. The Morgan fingerprint density at radius 2 is 2.18 bits per heavy atom. The number of nitrogens with zero attached hydrogens (tertiary/aromatic N) is 5. The summed E-state index contributed by atoms with van der Waals surface area (Å²) in [7, 11) is 0. The molecule has 3 aromatic rings. The van der Waals surface area contributed by atoms with Crippen LogP contribution in [-0.2, 0) is 24.9 Å². The molecule has 0 spiro atoms. The summed E-state index contributed by atoms with van der Waals surface area (Å²) in [4.78, 5) is 6.86.